The second-order valence-electron chi connectivity index (χ2n) is 3.11. The molecule has 0 heterocycles. The van der Waals surface area contributed by atoms with Gasteiger partial charge in [0.2, 0.25) is 0 Å². The number of alkyl halides is 4. The van der Waals surface area contributed by atoms with Gasteiger partial charge >= 0.3 is 0 Å². The largest absolute Gasteiger partial charge is 0.116 e. The maximum Gasteiger partial charge on any atom is 0.114 e. The fourth-order valence-electron chi connectivity index (χ4n) is 0.756. The second-order valence-corrected chi connectivity index (χ2v) is 7.03. The zero-order chi connectivity index (χ0) is 12.8. The second kappa shape index (κ2) is 8.44. The Hall–Kier alpha value is 1.34. The molecule has 0 aliphatic rings. The minimum Gasteiger partial charge on any atom is -0.116 e. The zero-order valence-electron chi connectivity index (χ0n) is 8.31. The van der Waals surface area contributed by atoms with Crippen molar-refractivity contribution in [3.05, 3.63) is 34.3 Å². The van der Waals surface area contributed by atoms with Gasteiger partial charge in [0.05, 0.1) is 10.3 Å². The van der Waals surface area contributed by atoms with Crippen molar-refractivity contribution in [2.75, 3.05) is 0 Å². The number of halogens is 6. The molecular formula is C10H10Br2Cl4. The van der Waals surface area contributed by atoms with Gasteiger partial charge in [0.25, 0.3) is 0 Å². The van der Waals surface area contributed by atoms with Crippen LogP contribution in [0.4, 0.5) is 0 Å². The fraction of sp³-hybridized carbons (Fsp3) is 0.400. The first-order valence-electron chi connectivity index (χ1n) is 4.22. The Morgan fingerprint density at radius 1 is 1.38 bits per heavy atom. The molecule has 0 rings (SSSR count). The van der Waals surface area contributed by atoms with E-state index in [0.29, 0.717) is 5.57 Å². The predicted octanol–water partition coefficient (Wildman–Crippen LogP) is 6.14. The average Bonchev–Trinajstić information content (AvgIpc) is 2.17. The summed E-state index contributed by atoms with van der Waals surface area (Å²) in [6.07, 6.45) is 5.24. The standard InChI is InChI=1S/C10H10Br2Cl4/c1-10(16,4-5-11)8(14)3-2-7(6-13)9(12)15/h2-6,8-9H,1H3/b3-2+,5-4+,7-6-/t8-,9+,10-/m1/s1. The van der Waals surface area contributed by atoms with E-state index in [0.717, 1.165) is 0 Å². The Bertz CT molecular complexity index is 295. The van der Waals surface area contributed by atoms with Crippen molar-refractivity contribution >= 4 is 78.3 Å². The van der Waals surface area contributed by atoms with E-state index in [4.69, 9.17) is 46.4 Å². The highest BCUT2D eigenvalue weighted by atomic mass is 79.9. The third-order valence-corrected chi connectivity index (χ3v) is 4.13. The van der Waals surface area contributed by atoms with Crippen LogP contribution in [-0.4, -0.2) is 14.5 Å². The van der Waals surface area contributed by atoms with Crippen LogP contribution in [0.2, 0.25) is 0 Å². The van der Waals surface area contributed by atoms with Gasteiger partial charge < -0.3 is 0 Å². The van der Waals surface area contributed by atoms with Gasteiger partial charge in [0.1, 0.15) is 4.29 Å². The van der Waals surface area contributed by atoms with Crippen molar-refractivity contribution in [1.29, 1.82) is 0 Å². The predicted molar refractivity (Wildman–Crippen MR) is 83.6 cm³/mol. The fourth-order valence-corrected chi connectivity index (χ4v) is 2.57. The van der Waals surface area contributed by atoms with Gasteiger partial charge in [-0.05, 0) is 17.5 Å². The molecule has 0 radical (unpaired) electrons. The van der Waals surface area contributed by atoms with E-state index in [1.54, 1.807) is 23.2 Å². The van der Waals surface area contributed by atoms with Gasteiger partial charge in [0.15, 0.2) is 0 Å². The van der Waals surface area contributed by atoms with Gasteiger partial charge in [0, 0.05) is 5.54 Å². The Kier molecular flexibility index (Phi) is 9.15. The van der Waals surface area contributed by atoms with Gasteiger partial charge in [-0.3, -0.25) is 0 Å². The van der Waals surface area contributed by atoms with Crippen LogP contribution in [0.5, 0.6) is 0 Å². The Balaban J connectivity index is 4.67. The van der Waals surface area contributed by atoms with Crippen LogP contribution in [0, 0.1) is 0 Å². The van der Waals surface area contributed by atoms with Crippen LogP contribution >= 0.6 is 78.3 Å². The van der Waals surface area contributed by atoms with Crippen molar-refractivity contribution in [3.63, 3.8) is 0 Å². The molecule has 92 valence electrons. The Morgan fingerprint density at radius 3 is 2.31 bits per heavy atom. The van der Waals surface area contributed by atoms with Gasteiger partial charge in [-0.15, -0.1) is 34.8 Å². The summed E-state index contributed by atoms with van der Waals surface area (Å²) in [5.41, 5.74) is 2.10. The van der Waals surface area contributed by atoms with E-state index in [-0.39, 0.29) is 9.66 Å². The molecule has 0 unspecified atom stereocenters. The summed E-state index contributed by atoms with van der Waals surface area (Å²) in [6, 6.07) is 0. The van der Waals surface area contributed by atoms with Gasteiger partial charge in [-0.2, -0.15) is 0 Å². The molecule has 0 N–H and O–H groups in total. The maximum absolute atomic E-state index is 6.20. The molecule has 0 saturated carbocycles. The maximum atomic E-state index is 6.20. The highest BCUT2D eigenvalue weighted by Gasteiger charge is 2.25. The molecule has 6 heteroatoms. The molecule has 0 aromatic rings. The van der Waals surface area contributed by atoms with E-state index in [9.17, 15) is 0 Å². The van der Waals surface area contributed by atoms with Gasteiger partial charge in [-0.25, -0.2) is 0 Å². The van der Waals surface area contributed by atoms with E-state index in [1.807, 2.05) is 6.92 Å². The molecule has 0 amide bonds. The van der Waals surface area contributed by atoms with Crippen molar-refractivity contribution in [3.8, 4) is 0 Å². The molecule has 0 aliphatic heterocycles. The van der Waals surface area contributed by atoms with Crippen molar-refractivity contribution < 1.29 is 0 Å². The van der Waals surface area contributed by atoms with E-state index >= 15 is 0 Å². The molecule has 0 saturated heterocycles. The zero-order valence-corrected chi connectivity index (χ0v) is 14.5. The average molecular weight is 432 g/mol. The normalized spacial score (nSPS) is 21.3. The molecule has 0 fully saturated rings. The van der Waals surface area contributed by atoms with E-state index in [2.05, 4.69) is 31.9 Å². The molecule has 0 bridgehead atoms. The molecule has 16 heavy (non-hydrogen) atoms. The molecule has 0 aliphatic carbocycles. The third kappa shape index (κ3) is 6.32. The van der Waals surface area contributed by atoms with Crippen molar-refractivity contribution in [2.24, 2.45) is 0 Å². The quantitative estimate of drug-likeness (QED) is 0.362. The lowest BCUT2D eigenvalue weighted by Gasteiger charge is -2.21. The van der Waals surface area contributed by atoms with Crippen LogP contribution in [0.1, 0.15) is 6.92 Å². The van der Waals surface area contributed by atoms with Crippen LogP contribution in [-0.2, 0) is 0 Å². The Labute approximate surface area is 133 Å². The SMILES string of the molecule is C[C@@](Cl)(/C=C/Br)[C@H](Cl)/C=C/C(=C/Cl)[C@H](Cl)Br. The summed E-state index contributed by atoms with van der Waals surface area (Å²) >= 11 is 30.1. The molecule has 0 nitrogen and oxygen atoms in total. The first-order chi connectivity index (χ1) is 7.35. The van der Waals surface area contributed by atoms with Crippen LogP contribution in [0.15, 0.2) is 34.3 Å². The Morgan fingerprint density at radius 2 is 1.94 bits per heavy atom. The van der Waals surface area contributed by atoms with Crippen molar-refractivity contribution in [2.45, 2.75) is 21.5 Å². The van der Waals surface area contributed by atoms with Crippen LogP contribution in [0.25, 0.3) is 0 Å². The van der Waals surface area contributed by atoms with Crippen molar-refractivity contribution in [1.82, 2.24) is 0 Å². The van der Waals surface area contributed by atoms with Crippen LogP contribution in [0.3, 0.4) is 0 Å². The minimum absolute atomic E-state index is 0.349. The highest BCUT2D eigenvalue weighted by Crippen LogP contribution is 2.28. The van der Waals surface area contributed by atoms with Crippen LogP contribution < -0.4 is 0 Å². The molecule has 0 spiro atoms. The summed E-state index contributed by atoms with van der Waals surface area (Å²) in [5.74, 6) is 0. The summed E-state index contributed by atoms with van der Waals surface area (Å²) in [6.45, 7) is 1.81. The summed E-state index contributed by atoms with van der Waals surface area (Å²) in [7, 11) is 0. The lowest BCUT2D eigenvalue weighted by Crippen LogP contribution is -2.24. The topological polar surface area (TPSA) is 0 Å². The first kappa shape index (κ1) is 17.3. The molecular weight excluding hydrogens is 422 g/mol. The highest BCUT2D eigenvalue weighted by molar-refractivity contribution is 9.11. The smallest absolute Gasteiger partial charge is 0.114 e. The number of hydrogen-bond acceptors (Lipinski definition) is 0. The number of hydrogen-bond donors (Lipinski definition) is 0. The summed E-state index contributed by atoms with van der Waals surface area (Å²) in [5, 5.41) is -0.377. The molecule has 0 aromatic heterocycles. The lowest BCUT2D eigenvalue weighted by atomic mass is 10.1. The summed E-state index contributed by atoms with van der Waals surface area (Å²) < 4.78 is -0.349. The number of rotatable bonds is 5. The van der Waals surface area contributed by atoms with Gasteiger partial charge in [-0.1, -0.05) is 61.7 Å². The molecule has 3 atom stereocenters. The monoisotopic (exact) mass is 428 g/mol. The number of allylic oxidation sites excluding steroid dienone is 4. The van der Waals surface area contributed by atoms with E-state index in [1.165, 1.54) is 5.54 Å². The minimum atomic E-state index is -0.674. The lowest BCUT2D eigenvalue weighted by molar-refractivity contribution is 0.800. The summed E-state index contributed by atoms with van der Waals surface area (Å²) in [4.78, 5) is 1.00. The molecule has 0 aromatic carbocycles. The first-order valence-corrected chi connectivity index (χ1v) is 7.74. The van der Waals surface area contributed by atoms with E-state index < -0.39 is 4.87 Å². The third-order valence-electron chi connectivity index (χ3n) is 1.76.